The van der Waals surface area contributed by atoms with E-state index in [-0.39, 0.29) is 0 Å². The summed E-state index contributed by atoms with van der Waals surface area (Å²) in [6.45, 7) is 0. The number of furan rings is 1. The van der Waals surface area contributed by atoms with Crippen molar-refractivity contribution >= 4 is 11.8 Å². The molecule has 0 radical (unpaired) electrons. The van der Waals surface area contributed by atoms with E-state index >= 15 is 0 Å². The fourth-order valence-corrected chi connectivity index (χ4v) is 2.34. The maximum absolute atomic E-state index is 9.90. The number of benzene rings is 1. The van der Waals surface area contributed by atoms with Crippen molar-refractivity contribution in [2.45, 2.75) is 11.9 Å². The van der Waals surface area contributed by atoms with E-state index in [4.69, 9.17) is 4.42 Å². The van der Waals surface area contributed by atoms with Gasteiger partial charge >= 0.3 is 0 Å². The third-order valence-electron chi connectivity index (χ3n) is 2.28. The first-order valence-corrected chi connectivity index (χ1v) is 6.35. The van der Waals surface area contributed by atoms with Crippen LogP contribution in [0.15, 0.2) is 53.1 Å². The third-order valence-corrected chi connectivity index (χ3v) is 3.32. The Kier molecular flexibility index (Phi) is 4.08. The van der Waals surface area contributed by atoms with E-state index < -0.39 is 6.10 Å². The molecule has 1 atom stereocenters. The number of rotatable bonds is 5. The molecule has 16 heavy (non-hydrogen) atoms. The normalized spacial score (nSPS) is 12.6. The SMILES string of the molecule is OC(CSCc1ccco1)c1ccccc1. The van der Waals surface area contributed by atoms with Crippen LogP contribution in [0.3, 0.4) is 0 Å². The maximum atomic E-state index is 9.90. The van der Waals surface area contributed by atoms with Crippen LogP contribution >= 0.6 is 11.8 Å². The molecule has 2 rings (SSSR count). The Morgan fingerprint density at radius 1 is 1.12 bits per heavy atom. The molecular weight excluding hydrogens is 220 g/mol. The summed E-state index contributed by atoms with van der Waals surface area (Å²) in [7, 11) is 0. The smallest absolute Gasteiger partial charge is 0.113 e. The molecule has 2 nitrogen and oxygen atoms in total. The first-order valence-electron chi connectivity index (χ1n) is 5.19. The Hall–Kier alpha value is -1.19. The lowest BCUT2D eigenvalue weighted by atomic mass is 10.1. The van der Waals surface area contributed by atoms with Crippen LogP contribution in [-0.4, -0.2) is 10.9 Å². The Morgan fingerprint density at radius 3 is 2.62 bits per heavy atom. The van der Waals surface area contributed by atoms with Gasteiger partial charge in [-0.3, -0.25) is 0 Å². The molecule has 0 spiro atoms. The minimum Gasteiger partial charge on any atom is -0.468 e. The predicted molar refractivity (Wildman–Crippen MR) is 66.3 cm³/mol. The van der Waals surface area contributed by atoms with Crippen LogP contribution in [0.25, 0.3) is 0 Å². The number of hydrogen-bond donors (Lipinski definition) is 1. The molecule has 3 heteroatoms. The van der Waals surface area contributed by atoms with Crippen molar-refractivity contribution in [2.24, 2.45) is 0 Å². The van der Waals surface area contributed by atoms with Crippen LogP contribution in [0.2, 0.25) is 0 Å². The second-order valence-corrected chi connectivity index (χ2v) is 4.55. The number of aliphatic hydroxyl groups is 1. The third kappa shape index (κ3) is 3.15. The molecule has 0 amide bonds. The summed E-state index contributed by atoms with van der Waals surface area (Å²) in [6, 6.07) is 13.5. The highest BCUT2D eigenvalue weighted by Gasteiger charge is 2.07. The zero-order valence-electron chi connectivity index (χ0n) is 8.87. The Bertz CT molecular complexity index is 397. The molecule has 0 fully saturated rings. The lowest BCUT2D eigenvalue weighted by molar-refractivity contribution is 0.204. The molecule has 0 aliphatic heterocycles. The molecule has 0 bridgehead atoms. The first kappa shape index (κ1) is 11.3. The van der Waals surface area contributed by atoms with E-state index in [2.05, 4.69) is 0 Å². The van der Waals surface area contributed by atoms with Gasteiger partial charge in [-0.15, -0.1) is 0 Å². The highest BCUT2D eigenvalue weighted by molar-refractivity contribution is 7.98. The van der Waals surface area contributed by atoms with Crippen LogP contribution in [0, 0.1) is 0 Å². The van der Waals surface area contributed by atoms with Gasteiger partial charge in [0, 0.05) is 5.75 Å². The largest absolute Gasteiger partial charge is 0.468 e. The topological polar surface area (TPSA) is 33.4 Å². The summed E-state index contributed by atoms with van der Waals surface area (Å²) >= 11 is 1.67. The predicted octanol–water partition coefficient (Wildman–Crippen LogP) is 3.25. The minimum absolute atomic E-state index is 0.402. The average Bonchev–Trinajstić information content (AvgIpc) is 2.83. The highest BCUT2D eigenvalue weighted by Crippen LogP contribution is 2.20. The lowest BCUT2D eigenvalue weighted by Gasteiger charge is -2.09. The zero-order valence-corrected chi connectivity index (χ0v) is 9.69. The minimum atomic E-state index is -0.402. The molecule has 0 aliphatic rings. The summed E-state index contributed by atoms with van der Waals surface area (Å²) < 4.78 is 5.22. The van der Waals surface area contributed by atoms with Crippen molar-refractivity contribution in [3.8, 4) is 0 Å². The van der Waals surface area contributed by atoms with Crippen molar-refractivity contribution < 1.29 is 9.52 Å². The van der Waals surface area contributed by atoms with Crippen molar-refractivity contribution in [2.75, 3.05) is 5.75 Å². The number of thioether (sulfide) groups is 1. The van der Waals surface area contributed by atoms with Crippen molar-refractivity contribution in [1.82, 2.24) is 0 Å². The molecule has 84 valence electrons. The van der Waals surface area contributed by atoms with Gasteiger partial charge in [0.15, 0.2) is 0 Å². The van der Waals surface area contributed by atoms with E-state index in [1.54, 1.807) is 18.0 Å². The second-order valence-electron chi connectivity index (χ2n) is 3.52. The van der Waals surface area contributed by atoms with Crippen LogP contribution in [0.4, 0.5) is 0 Å². The zero-order chi connectivity index (χ0) is 11.2. The van der Waals surface area contributed by atoms with Crippen molar-refractivity contribution in [1.29, 1.82) is 0 Å². The maximum Gasteiger partial charge on any atom is 0.113 e. The van der Waals surface area contributed by atoms with Crippen LogP contribution < -0.4 is 0 Å². The quantitative estimate of drug-likeness (QED) is 0.862. The van der Waals surface area contributed by atoms with Gasteiger partial charge in [-0.05, 0) is 17.7 Å². The van der Waals surface area contributed by atoms with Crippen molar-refractivity contribution in [3.05, 3.63) is 60.1 Å². The highest BCUT2D eigenvalue weighted by atomic mass is 32.2. The fourth-order valence-electron chi connectivity index (χ4n) is 1.44. The molecular formula is C13H14O2S. The van der Waals surface area contributed by atoms with E-state index in [0.29, 0.717) is 5.75 Å². The van der Waals surface area contributed by atoms with E-state index in [9.17, 15) is 5.11 Å². The standard InChI is InChI=1S/C13H14O2S/c14-13(11-5-2-1-3-6-11)10-16-9-12-7-4-8-15-12/h1-8,13-14H,9-10H2. The van der Waals surface area contributed by atoms with Crippen LogP contribution in [0.1, 0.15) is 17.4 Å². The molecule has 1 aromatic carbocycles. The Balaban J connectivity index is 1.78. The number of hydrogen-bond acceptors (Lipinski definition) is 3. The molecule has 2 aromatic rings. The van der Waals surface area contributed by atoms with Gasteiger partial charge < -0.3 is 9.52 Å². The van der Waals surface area contributed by atoms with Gasteiger partial charge in [-0.2, -0.15) is 11.8 Å². The number of aliphatic hydroxyl groups excluding tert-OH is 1. The molecule has 0 aliphatic carbocycles. The molecule has 1 N–H and O–H groups in total. The van der Waals surface area contributed by atoms with E-state index in [1.807, 2.05) is 42.5 Å². The van der Waals surface area contributed by atoms with Gasteiger partial charge in [0.05, 0.1) is 18.1 Å². The average molecular weight is 234 g/mol. The summed E-state index contributed by atoms with van der Waals surface area (Å²) in [5.41, 5.74) is 0.967. The second kappa shape index (κ2) is 5.77. The van der Waals surface area contributed by atoms with Gasteiger partial charge in [0.1, 0.15) is 5.76 Å². The molecule has 1 unspecified atom stereocenters. The lowest BCUT2D eigenvalue weighted by Crippen LogP contribution is -2.00. The van der Waals surface area contributed by atoms with Crippen LogP contribution in [-0.2, 0) is 5.75 Å². The monoisotopic (exact) mass is 234 g/mol. The van der Waals surface area contributed by atoms with Crippen molar-refractivity contribution in [3.63, 3.8) is 0 Å². The van der Waals surface area contributed by atoms with E-state index in [0.717, 1.165) is 17.1 Å². The van der Waals surface area contributed by atoms with Gasteiger partial charge in [-0.1, -0.05) is 30.3 Å². The molecule has 0 saturated heterocycles. The summed E-state index contributed by atoms with van der Waals surface area (Å²) in [5.74, 6) is 2.44. The van der Waals surface area contributed by atoms with Gasteiger partial charge in [-0.25, -0.2) is 0 Å². The summed E-state index contributed by atoms with van der Waals surface area (Å²) in [6.07, 6.45) is 1.27. The molecule has 1 heterocycles. The fraction of sp³-hybridized carbons (Fsp3) is 0.231. The molecule has 1 aromatic heterocycles. The summed E-state index contributed by atoms with van der Waals surface area (Å²) in [5, 5.41) is 9.90. The molecule has 0 saturated carbocycles. The summed E-state index contributed by atoms with van der Waals surface area (Å²) in [4.78, 5) is 0. The van der Waals surface area contributed by atoms with Gasteiger partial charge in [0.25, 0.3) is 0 Å². The Morgan fingerprint density at radius 2 is 1.94 bits per heavy atom. The Labute approximate surface area is 99.3 Å². The van der Waals surface area contributed by atoms with Gasteiger partial charge in [0.2, 0.25) is 0 Å². The van der Waals surface area contributed by atoms with E-state index in [1.165, 1.54) is 0 Å². The van der Waals surface area contributed by atoms with Crippen LogP contribution in [0.5, 0.6) is 0 Å². The first-order chi connectivity index (χ1) is 7.86.